The number of rotatable bonds is 6. The van der Waals surface area contributed by atoms with Crippen molar-refractivity contribution in [3.63, 3.8) is 0 Å². The Balaban J connectivity index is 0.00000180. The molecule has 0 radical (unpaired) electrons. The molecule has 0 bridgehead atoms. The van der Waals surface area contributed by atoms with E-state index in [-0.39, 0.29) is 24.2 Å². The van der Waals surface area contributed by atoms with Crippen LogP contribution in [-0.4, -0.2) is 38.8 Å². The lowest BCUT2D eigenvalue weighted by atomic mass is 9.92. The van der Waals surface area contributed by atoms with E-state index in [2.05, 4.69) is 17.6 Å². The molecule has 2 fully saturated rings. The average Bonchev–Trinajstić information content (AvgIpc) is 3.14. The molecule has 2 aliphatic rings. The molecule has 1 saturated carbocycles. The van der Waals surface area contributed by atoms with E-state index in [4.69, 9.17) is 4.74 Å². The van der Waals surface area contributed by atoms with Gasteiger partial charge in [-0.25, -0.2) is 0 Å². The SMILES string of the molecule is COCCC1(CNC(=O)[C@H]2CCN[C@@H](C)C2)CC1.Cl. The maximum absolute atomic E-state index is 12.1. The van der Waals surface area contributed by atoms with E-state index in [0.717, 1.165) is 39.0 Å². The van der Waals surface area contributed by atoms with E-state index < -0.39 is 0 Å². The van der Waals surface area contributed by atoms with Gasteiger partial charge >= 0.3 is 0 Å². The number of halogens is 1. The van der Waals surface area contributed by atoms with Crippen LogP contribution in [0.3, 0.4) is 0 Å². The van der Waals surface area contributed by atoms with Gasteiger partial charge in [0.05, 0.1) is 0 Å². The van der Waals surface area contributed by atoms with Crippen LogP contribution in [0.25, 0.3) is 0 Å². The summed E-state index contributed by atoms with van der Waals surface area (Å²) in [6.07, 6.45) is 5.49. The highest BCUT2D eigenvalue weighted by Crippen LogP contribution is 2.48. The van der Waals surface area contributed by atoms with Crippen LogP contribution in [0.15, 0.2) is 0 Å². The minimum atomic E-state index is 0. The zero-order chi connectivity index (χ0) is 13.0. The summed E-state index contributed by atoms with van der Waals surface area (Å²) in [5.74, 6) is 0.464. The van der Waals surface area contributed by atoms with Crippen molar-refractivity contribution in [3.05, 3.63) is 0 Å². The molecule has 2 atom stereocenters. The van der Waals surface area contributed by atoms with Gasteiger partial charge in [-0.2, -0.15) is 0 Å². The zero-order valence-corrected chi connectivity index (χ0v) is 12.9. The van der Waals surface area contributed by atoms with Gasteiger partial charge in [0.15, 0.2) is 0 Å². The van der Waals surface area contributed by atoms with Crippen LogP contribution in [0.1, 0.15) is 39.0 Å². The molecule has 1 aliphatic carbocycles. The monoisotopic (exact) mass is 290 g/mol. The Kier molecular flexibility index (Phi) is 6.57. The van der Waals surface area contributed by atoms with Gasteiger partial charge in [-0.05, 0) is 51.0 Å². The number of ether oxygens (including phenoxy) is 1. The summed E-state index contributed by atoms with van der Waals surface area (Å²) in [6.45, 7) is 4.77. The standard InChI is InChI=1S/C14H26N2O2.ClH/c1-11-9-12(3-7-15-11)13(17)16-10-14(4-5-14)6-8-18-2;/h11-12,15H,3-10H2,1-2H3,(H,16,17);1H/t11-,12-;/m0./s1. The summed E-state index contributed by atoms with van der Waals surface area (Å²) in [4.78, 5) is 12.1. The normalized spacial score (nSPS) is 28.3. The van der Waals surface area contributed by atoms with Crippen molar-refractivity contribution in [1.29, 1.82) is 0 Å². The first-order valence-corrected chi connectivity index (χ1v) is 7.15. The molecule has 1 aliphatic heterocycles. The Morgan fingerprint density at radius 2 is 2.21 bits per heavy atom. The Bertz CT molecular complexity index is 295. The summed E-state index contributed by atoms with van der Waals surface area (Å²) in [6, 6.07) is 0.470. The summed E-state index contributed by atoms with van der Waals surface area (Å²) >= 11 is 0. The van der Waals surface area contributed by atoms with Gasteiger partial charge in [-0.3, -0.25) is 4.79 Å². The van der Waals surface area contributed by atoms with E-state index in [1.807, 2.05) is 0 Å². The van der Waals surface area contributed by atoms with Crippen molar-refractivity contribution in [2.45, 2.75) is 45.1 Å². The topological polar surface area (TPSA) is 50.4 Å². The van der Waals surface area contributed by atoms with Crippen molar-refractivity contribution < 1.29 is 9.53 Å². The van der Waals surface area contributed by atoms with Gasteiger partial charge < -0.3 is 15.4 Å². The second-order valence-electron chi connectivity index (χ2n) is 6.04. The van der Waals surface area contributed by atoms with Crippen molar-refractivity contribution in [1.82, 2.24) is 10.6 Å². The second kappa shape index (κ2) is 7.46. The summed E-state index contributed by atoms with van der Waals surface area (Å²) in [5.41, 5.74) is 0.351. The van der Waals surface area contributed by atoms with E-state index in [1.165, 1.54) is 12.8 Å². The number of carbonyl (C=O) groups is 1. The lowest BCUT2D eigenvalue weighted by molar-refractivity contribution is -0.126. The zero-order valence-electron chi connectivity index (χ0n) is 12.0. The Morgan fingerprint density at radius 3 is 2.79 bits per heavy atom. The minimum absolute atomic E-state index is 0. The summed E-state index contributed by atoms with van der Waals surface area (Å²) in [7, 11) is 1.74. The molecule has 0 aromatic rings. The quantitative estimate of drug-likeness (QED) is 0.783. The van der Waals surface area contributed by atoms with E-state index >= 15 is 0 Å². The molecular formula is C14H27ClN2O2. The van der Waals surface area contributed by atoms with E-state index in [1.54, 1.807) is 7.11 Å². The molecule has 5 heteroatoms. The highest BCUT2D eigenvalue weighted by Gasteiger charge is 2.42. The van der Waals surface area contributed by atoms with Gasteiger partial charge in [-0.15, -0.1) is 12.4 Å². The first-order chi connectivity index (χ1) is 8.65. The minimum Gasteiger partial charge on any atom is -0.385 e. The number of amides is 1. The molecule has 1 amide bonds. The maximum Gasteiger partial charge on any atom is 0.223 e. The number of hydrogen-bond donors (Lipinski definition) is 2. The first kappa shape index (κ1) is 16.7. The van der Waals surface area contributed by atoms with Crippen LogP contribution in [0, 0.1) is 11.3 Å². The predicted octanol–water partition coefficient (Wildman–Crippen LogP) is 1.73. The molecule has 0 aromatic carbocycles. The molecular weight excluding hydrogens is 264 g/mol. The lowest BCUT2D eigenvalue weighted by Crippen LogP contribution is -2.43. The Hall–Kier alpha value is -0.320. The molecule has 1 heterocycles. The molecule has 19 heavy (non-hydrogen) atoms. The molecule has 112 valence electrons. The number of carbonyl (C=O) groups excluding carboxylic acids is 1. The van der Waals surface area contributed by atoms with Gasteiger partial charge in [0.2, 0.25) is 5.91 Å². The fourth-order valence-corrected chi connectivity index (χ4v) is 2.80. The highest BCUT2D eigenvalue weighted by atomic mass is 35.5. The Morgan fingerprint density at radius 1 is 1.47 bits per heavy atom. The molecule has 0 aromatic heterocycles. The fraction of sp³-hybridized carbons (Fsp3) is 0.929. The largest absolute Gasteiger partial charge is 0.385 e. The molecule has 4 nitrogen and oxygen atoms in total. The third kappa shape index (κ3) is 4.93. The number of methoxy groups -OCH3 is 1. The van der Waals surface area contributed by atoms with Gasteiger partial charge in [-0.1, -0.05) is 0 Å². The molecule has 2 N–H and O–H groups in total. The van der Waals surface area contributed by atoms with Crippen LogP contribution in [-0.2, 0) is 9.53 Å². The highest BCUT2D eigenvalue weighted by molar-refractivity contribution is 5.85. The molecule has 0 unspecified atom stereocenters. The van der Waals surface area contributed by atoms with Gasteiger partial charge in [0.1, 0.15) is 0 Å². The smallest absolute Gasteiger partial charge is 0.223 e. The molecule has 0 spiro atoms. The number of nitrogens with one attached hydrogen (secondary N) is 2. The van der Waals surface area contributed by atoms with Crippen LogP contribution in [0.2, 0.25) is 0 Å². The number of hydrogen-bond acceptors (Lipinski definition) is 3. The van der Waals surface area contributed by atoms with Crippen LogP contribution in [0.4, 0.5) is 0 Å². The second-order valence-corrected chi connectivity index (χ2v) is 6.04. The van der Waals surface area contributed by atoms with Gasteiger partial charge in [0, 0.05) is 32.2 Å². The third-order valence-corrected chi connectivity index (χ3v) is 4.43. The number of piperidine rings is 1. The molecule has 1 saturated heterocycles. The third-order valence-electron chi connectivity index (χ3n) is 4.43. The summed E-state index contributed by atoms with van der Waals surface area (Å²) in [5, 5.41) is 6.55. The molecule has 2 rings (SSSR count). The lowest BCUT2D eigenvalue weighted by Gasteiger charge is -2.27. The van der Waals surface area contributed by atoms with Crippen molar-refractivity contribution >= 4 is 18.3 Å². The fourth-order valence-electron chi connectivity index (χ4n) is 2.80. The predicted molar refractivity (Wildman–Crippen MR) is 78.6 cm³/mol. The van der Waals surface area contributed by atoms with Crippen LogP contribution in [0.5, 0.6) is 0 Å². The maximum atomic E-state index is 12.1. The summed E-state index contributed by atoms with van der Waals surface area (Å²) < 4.78 is 5.13. The van der Waals surface area contributed by atoms with Crippen molar-refractivity contribution in [3.8, 4) is 0 Å². The average molecular weight is 291 g/mol. The van der Waals surface area contributed by atoms with Crippen molar-refractivity contribution in [2.24, 2.45) is 11.3 Å². The van der Waals surface area contributed by atoms with Gasteiger partial charge in [0.25, 0.3) is 0 Å². The Labute approximate surface area is 122 Å². The van der Waals surface area contributed by atoms with E-state index in [0.29, 0.717) is 11.5 Å². The van der Waals surface area contributed by atoms with Crippen LogP contribution < -0.4 is 10.6 Å². The first-order valence-electron chi connectivity index (χ1n) is 7.15. The van der Waals surface area contributed by atoms with Crippen LogP contribution >= 0.6 is 12.4 Å². The van der Waals surface area contributed by atoms with E-state index in [9.17, 15) is 4.79 Å². The van der Waals surface area contributed by atoms with Crippen molar-refractivity contribution in [2.75, 3.05) is 26.8 Å².